The van der Waals surface area contributed by atoms with Crippen LogP contribution in [0, 0.1) is 11.3 Å². The van der Waals surface area contributed by atoms with Gasteiger partial charge in [-0.3, -0.25) is 4.90 Å². The molecule has 1 aliphatic rings. The molecule has 0 radical (unpaired) electrons. The molecule has 7 heteroatoms. The molecule has 3 rings (SSSR count). The van der Waals surface area contributed by atoms with Crippen molar-refractivity contribution in [2.24, 2.45) is 0 Å². The summed E-state index contributed by atoms with van der Waals surface area (Å²) < 4.78 is 1.77. The van der Waals surface area contributed by atoms with Gasteiger partial charge in [-0.05, 0) is 29.5 Å². The van der Waals surface area contributed by atoms with Gasteiger partial charge in [-0.15, -0.1) is 0 Å². The summed E-state index contributed by atoms with van der Waals surface area (Å²) in [7, 11) is 0. The fraction of sp³-hybridized carbons (Fsp3) is 0.467. The zero-order valence-electron chi connectivity index (χ0n) is 12.6. The number of nitrogens with zero attached hydrogens (tertiary/aromatic N) is 7. The quantitative estimate of drug-likeness (QED) is 0.841. The summed E-state index contributed by atoms with van der Waals surface area (Å²) in [5, 5.41) is 20.9. The number of benzene rings is 1. The predicted octanol–water partition coefficient (Wildman–Crippen LogP) is 1.09. The highest BCUT2D eigenvalue weighted by atomic mass is 15.6. The fourth-order valence-corrected chi connectivity index (χ4v) is 2.74. The summed E-state index contributed by atoms with van der Waals surface area (Å²) in [5.41, 5.74) is 0.961. The maximum absolute atomic E-state index is 8.82. The molecule has 0 spiro atoms. The van der Waals surface area contributed by atoms with Gasteiger partial charge in [0.1, 0.15) is 0 Å². The molecule has 0 saturated carbocycles. The molecule has 0 N–H and O–H groups in total. The van der Waals surface area contributed by atoms with Crippen molar-refractivity contribution in [2.75, 3.05) is 31.1 Å². The normalized spacial score (nSPS) is 17.2. The van der Waals surface area contributed by atoms with Crippen molar-refractivity contribution in [3.63, 3.8) is 0 Å². The van der Waals surface area contributed by atoms with Crippen molar-refractivity contribution < 1.29 is 0 Å². The topological polar surface area (TPSA) is 73.9 Å². The van der Waals surface area contributed by atoms with Gasteiger partial charge in [0.15, 0.2) is 0 Å². The van der Waals surface area contributed by atoms with Crippen LogP contribution in [-0.4, -0.2) is 57.3 Å². The van der Waals surface area contributed by atoms with Crippen LogP contribution < -0.4 is 4.90 Å². The van der Waals surface area contributed by atoms with Gasteiger partial charge in [-0.25, -0.2) is 0 Å². The molecule has 0 aliphatic carbocycles. The summed E-state index contributed by atoms with van der Waals surface area (Å²) >= 11 is 0. The van der Waals surface area contributed by atoms with Crippen LogP contribution in [0.3, 0.4) is 0 Å². The van der Waals surface area contributed by atoms with E-state index in [1.165, 1.54) is 0 Å². The molecule has 0 amide bonds. The molecular formula is C15H19N7. The summed E-state index contributed by atoms with van der Waals surface area (Å²) in [6, 6.07) is 12.5. The third-order valence-electron chi connectivity index (χ3n) is 4.06. The second-order valence-corrected chi connectivity index (χ2v) is 5.46. The van der Waals surface area contributed by atoms with Crippen LogP contribution >= 0.6 is 0 Å². The average Bonchev–Trinajstić information content (AvgIpc) is 3.06. The van der Waals surface area contributed by atoms with E-state index in [-0.39, 0.29) is 0 Å². The van der Waals surface area contributed by atoms with E-state index < -0.39 is 0 Å². The van der Waals surface area contributed by atoms with Gasteiger partial charge in [0, 0.05) is 32.2 Å². The van der Waals surface area contributed by atoms with Crippen molar-refractivity contribution in [3.05, 3.63) is 30.3 Å². The smallest absolute Gasteiger partial charge is 0.250 e. The molecule has 1 aromatic heterocycles. The molecule has 0 bridgehead atoms. The average molecular weight is 297 g/mol. The third-order valence-corrected chi connectivity index (χ3v) is 4.06. The lowest BCUT2D eigenvalue weighted by atomic mass is 10.2. The predicted molar refractivity (Wildman–Crippen MR) is 82.6 cm³/mol. The lowest BCUT2D eigenvalue weighted by Gasteiger charge is -2.37. The number of tetrazole rings is 1. The van der Waals surface area contributed by atoms with Gasteiger partial charge in [0.05, 0.1) is 18.2 Å². The Hall–Kier alpha value is -2.46. The molecule has 1 atom stereocenters. The SMILES string of the molecule is C[C@H](CC#N)N1CCN(c2nnnn2-c2ccccc2)CC1. The monoisotopic (exact) mass is 297 g/mol. The van der Waals surface area contributed by atoms with Crippen LogP contribution in [0.2, 0.25) is 0 Å². The number of para-hydroxylation sites is 1. The Morgan fingerprint density at radius 3 is 2.59 bits per heavy atom. The molecule has 22 heavy (non-hydrogen) atoms. The first-order valence-corrected chi connectivity index (χ1v) is 7.49. The molecule has 2 heterocycles. The molecule has 0 unspecified atom stereocenters. The summed E-state index contributed by atoms with van der Waals surface area (Å²) in [5.74, 6) is 0.777. The molecule has 1 saturated heterocycles. The van der Waals surface area contributed by atoms with Crippen LogP contribution in [0.4, 0.5) is 5.95 Å². The maximum atomic E-state index is 8.82. The molecule has 1 aliphatic heterocycles. The Labute approximate surface area is 129 Å². The third kappa shape index (κ3) is 2.92. The van der Waals surface area contributed by atoms with Gasteiger partial charge >= 0.3 is 0 Å². The van der Waals surface area contributed by atoms with E-state index in [1.54, 1.807) is 4.68 Å². The first kappa shape index (κ1) is 14.5. The Morgan fingerprint density at radius 1 is 1.18 bits per heavy atom. The van der Waals surface area contributed by atoms with Crippen molar-refractivity contribution in [1.82, 2.24) is 25.1 Å². The minimum atomic E-state index is 0.303. The number of nitriles is 1. The van der Waals surface area contributed by atoms with Gasteiger partial charge in [-0.2, -0.15) is 9.94 Å². The minimum Gasteiger partial charge on any atom is -0.337 e. The molecule has 1 aromatic carbocycles. The number of hydrogen-bond acceptors (Lipinski definition) is 6. The highest BCUT2D eigenvalue weighted by molar-refractivity contribution is 5.40. The van der Waals surface area contributed by atoms with Gasteiger partial charge in [-0.1, -0.05) is 23.3 Å². The lowest BCUT2D eigenvalue weighted by molar-refractivity contribution is 0.198. The van der Waals surface area contributed by atoms with E-state index in [0.29, 0.717) is 12.5 Å². The highest BCUT2D eigenvalue weighted by Gasteiger charge is 2.24. The fourth-order valence-electron chi connectivity index (χ4n) is 2.74. The Bertz CT molecular complexity index is 637. The summed E-state index contributed by atoms with van der Waals surface area (Å²) in [4.78, 5) is 4.54. The van der Waals surface area contributed by atoms with Crippen molar-refractivity contribution in [1.29, 1.82) is 5.26 Å². The largest absolute Gasteiger partial charge is 0.337 e. The van der Waals surface area contributed by atoms with E-state index >= 15 is 0 Å². The minimum absolute atomic E-state index is 0.303. The van der Waals surface area contributed by atoms with E-state index in [2.05, 4.69) is 38.3 Å². The molecule has 7 nitrogen and oxygen atoms in total. The van der Waals surface area contributed by atoms with Gasteiger partial charge in [0.25, 0.3) is 0 Å². The van der Waals surface area contributed by atoms with Gasteiger partial charge < -0.3 is 4.90 Å². The number of anilines is 1. The Balaban J connectivity index is 1.70. The zero-order chi connectivity index (χ0) is 15.4. The summed E-state index contributed by atoms with van der Waals surface area (Å²) in [6.07, 6.45) is 0.571. The second kappa shape index (κ2) is 6.54. The number of rotatable bonds is 4. The first-order chi connectivity index (χ1) is 10.8. The molecule has 2 aromatic rings. The van der Waals surface area contributed by atoms with E-state index in [9.17, 15) is 0 Å². The van der Waals surface area contributed by atoms with E-state index in [1.807, 2.05) is 30.3 Å². The van der Waals surface area contributed by atoms with E-state index in [4.69, 9.17) is 5.26 Å². The second-order valence-electron chi connectivity index (χ2n) is 5.46. The number of piperazine rings is 1. The zero-order valence-corrected chi connectivity index (χ0v) is 12.6. The van der Waals surface area contributed by atoms with Crippen molar-refractivity contribution >= 4 is 5.95 Å². The van der Waals surface area contributed by atoms with Crippen molar-refractivity contribution in [3.8, 4) is 11.8 Å². The highest BCUT2D eigenvalue weighted by Crippen LogP contribution is 2.18. The molecule has 1 fully saturated rings. The lowest BCUT2D eigenvalue weighted by Crippen LogP contribution is -2.50. The Morgan fingerprint density at radius 2 is 1.91 bits per heavy atom. The number of hydrogen-bond donors (Lipinski definition) is 0. The number of aromatic nitrogens is 4. The Kier molecular flexibility index (Phi) is 4.30. The summed E-state index contributed by atoms with van der Waals surface area (Å²) in [6.45, 7) is 5.67. The van der Waals surface area contributed by atoms with Crippen LogP contribution in [0.15, 0.2) is 30.3 Å². The molecular weight excluding hydrogens is 278 g/mol. The molecule has 114 valence electrons. The van der Waals surface area contributed by atoms with Crippen LogP contribution in [0.25, 0.3) is 5.69 Å². The first-order valence-electron chi connectivity index (χ1n) is 7.49. The maximum Gasteiger partial charge on any atom is 0.250 e. The van der Waals surface area contributed by atoms with Crippen molar-refractivity contribution in [2.45, 2.75) is 19.4 Å². The van der Waals surface area contributed by atoms with Crippen LogP contribution in [0.1, 0.15) is 13.3 Å². The van der Waals surface area contributed by atoms with E-state index in [0.717, 1.165) is 37.8 Å². The standard InChI is InChI=1S/C15H19N7/c1-13(7-8-16)20-9-11-21(12-10-20)15-17-18-19-22(15)14-5-3-2-4-6-14/h2-6,13H,7,9-12H2,1H3/t13-/m1/s1. The van der Waals surface area contributed by atoms with Crippen LogP contribution in [-0.2, 0) is 0 Å². The van der Waals surface area contributed by atoms with Crippen LogP contribution in [0.5, 0.6) is 0 Å². The van der Waals surface area contributed by atoms with Gasteiger partial charge in [0.2, 0.25) is 5.95 Å².